The van der Waals surface area contributed by atoms with Gasteiger partial charge in [0.1, 0.15) is 0 Å². The predicted molar refractivity (Wildman–Crippen MR) is 66.3 cm³/mol. The summed E-state index contributed by atoms with van der Waals surface area (Å²) in [4.78, 5) is 0. The summed E-state index contributed by atoms with van der Waals surface area (Å²) in [5.74, 6) is 0.774. The van der Waals surface area contributed by atoms with E-state index in [0.29, 0.717) is 12.6 Å². The highest BCUT2D eigenvalue weighted by Gasteiger charge is 2.25. The van der Waals surface area contributed by atoms with Gasteiger partial charge in [0.2, 0.25) is 0 Å². The van der Waals surface area contributed by atoms with E-state index >= 15 is 0 Å². The second-order valence-corrected chi connectivity index (χ2v) is 5.69. The van der Waals surface area contributed by atoms with Crippen molar-refractivity contribution in [2.75, 3.05) is 19.8 Å². The van der Waals surface area contributed by atoms with E-state index in [0.717, 1.165) is 5.92 Å². The van der Waals surface area contributed by atoms with E-state index in [-0.39, 0.29) is 18.6 Å². The van der Waals surface area contributed by atoms with Gasteiger partial charge in [-0.25, -0.2) is 0 Å². The molecule has 1 aliphatic rings. The quantitative estimate of drug-likeness (QED) is 0.647. The lowest BCUT2D eigenvalue weighted by molar-refractivity contribution is 0.0648. The van der Waals surface area contributed by atoms with Gasteiger partial charge in [-0.15, -0.1) is 0 Å². The van der Waals surface area contributed by atoms with Crippen molar-refractivity contribution in [1.82, 2.24) is 5.32 Å². The lowest BCUT2D eigenvalue weighted by atomic mass is 9.84. The minimum Gasteiger partial charge on any atom is -0.396 e. The zero-order valence-corrected chi connectivity index (χ0v) is 10.7. The molecule has 16 heavy (non-hydrogen) atoms. The summed E-state index contributed by atoms with van der Waals surface area (Å²) in [6, 6.07) is 0.498. The first kappa shape index (κ1) is 13.9. The fourth-order valence-corrected chi connectivity index (χ4v) is 2.37. The second kappa shape index (κ2) is 6.58. The molecule has 0 radical (unpaired) electrons. The summed E-state index contributed by atoms with van der Waals surface area (Å²) < 4.78 is 0. The molecule has 0 saturated heterocycles. The molecule has 1 fully saturated rings. The lowest BCUT2D eigenvalue weighted by Crippen LogP contribution is -2.44. The summed E-state index contributed by atoms with van der Waals surface area (Å²) in [5, 5.41) is 21.9. The average Bonchev–Trinajstić information content (AvgIpc) is 2.36. The van der Waals surface area contributed by atoms with E-state index in [1.54, 1.807) is 0 Å². The van der Waals surface area contributed by atoms with Gasteiger partial charge in [-0.05, 0) is 25.7 Å². The lowest BCUT2D eigenvalue weighted by Gasteiger charge is -2.32. The molecule has 0 spiro atoms. The Kier molecular flexibility index (Phi) is 5.73. The van der Waals surface area contributed by atoms with Crippen LogP contribution in [0.25, 0.3) is 0 Å². The summed E-state index contributed by atoms with van der Waals surface area (Å²) in [6.07, 6.45) is 6.74. The van der Waals surface area contributed by atoms with E-state index in [2.05, 4.69) is 12.2 Å². The first-order valence-corrected chi connectivity index (χ1v) is 6.56. The Morgan fingerprint density at radius 1 is 1.19 bits per heavy atom. The van der Waals surface area contributed by atoms with Gasteiger partial charge in [-0.1, -0.05) is 26.2 Å². The maximum absolute atomic E-state index is 9.21. The van der Waals surface area contributed by atoms with Crippen LogP contribution in [0.4, 0.5) is 0 Å². The Morgan fingerprint density at radius 3 is 2.25 bits per heavy atom. The normalized spacial score (nSPS) is 21.0. The molecule has 3 nitrogen and oxygen atoms in total. The van der Waals surface area contributed by atoms with E-state index in [1.165, 1.54) is 32.1 Å². The van der Waals surface area contributed by atoms with Gasteiger partial charge in [0, 0.05) is 18.0 Å². The monoisotopic (exact) mass is 229 g/mol. The van der Waals surface area contributed by atoms with Gasteiger partial charge in [-0.3, -0.25) is 0 Å². The van der Waals surface area contributed by atoms with Crippen molar-refractivity contribution in [1.29, 1.82) is 0 Å². The molecule has 3 N–H and O–H groups in total. The highest BCUT2D eigenvalue weighted by Crippen LogP contribution is 2.26. The van der Waals surface area contributed by atoms with Crippen LogP contribution < -0.4 is 5.32 Å². The molecule has 1 rings (SSSR count). The number of hydrogen-bond acceptors (Lipinski definition) is 3. The molecule has 0 aromatic rings. The zero-order chi connectivity index (χ0) is 12.0. The van der Waals surface area contributed by atoms with Crippen molar-refractivity contribution < 1.29 is 10.2 Å². The van der Waals surface area contributed by atoms with Gasteiger partial charge >= 0.3 is 0 Å². The Balaban J connectivity index is 2.30. The van der Waals surface area contributed by atoms with E-state index in [9.17, 15) is 10.2 Å². The van der Waals surface area contributed by atoms with Crippen LogP contribution >= 0.6 is 0 Å². The minimum absolute atomic E-state index is 0.0356. The number of aliphatic hydroxyl groups excluding tert-OH is 2. The van der Waals surface area contributed by atoms with Crippen molar-refractivity contribution >= 4 is 0 Å². The second-order valence-electron chi connectivity index (χ2n) is 5.69. The van der Waals surface area contributed by atoms with Crippen LogP contribution in [0, 0.1) is 11.3 Å². The van der Waals surface area contributed by atoms with Gasteiger partial charge in [0.15, 0.2) is 0 Å². The molecule has 0 amide bonds. The smallest absolute Gasteiger partial charge is 0.0518 e. The molecule has 0 aromatic heterocycles. The van der Waals surface area contributed by atoms with Gasteiger partial charge in [0.25, 0.3) is 0 Å². The van der Waals surface area contributed by atoms with E-state index in [4.69, 9.17) is 0 Å². The maximum Gasteiger partial charge on any atom is 0.0518 e. The van der Waals surface area contributed by atoms with Crippen molar-refractivity contribution in [3.8, 4) is 0 Å². The predicted octanol–water partition coefficient (Wildman–Crippen LogP) is 1.54. The summed E-state index contributed by atoms with van der Waals surface area (Å²) >= 11 is 0. The third kappa shape index (κ3) is 4.04. The van der Waals surface area contributed by atoms with Crippen LogP contribution in [-0.2, 0) is 0 Å². The standard InChI is InChI=1S/C13H27NO2/c1-11(12-6-4-3-5-7-12)14-8-13(2,9-15)10-16/h11-12,14-16H,3-10H2,1-2H3. The van der Waals surface area contributed by atoms with Crippen molar-refractivity contribution in [2.45, 2.75) is 52.0 Å². The molecular formula is C13H27NO2. The van der Waals surface area contributed by atoms with E-state index in [1.807, 2.05) is 6.92 Å². The number of aliphatic hydroxyl groups is 2. The maximum atomic E-state index is 9.21. The van der Waals surface area contributed by atoms with Crippen LogP contribution in [0.3, 0.4) is 0 Å². The molecule has 1 aliphatic carbocycles. The molecule has 0 aliphatic heterocycles. The fraction of sp³-hybridized carbons (Fsp3) is 1.00. The Bertz CT molecular complexity index is 186. The summed E-state index contributed by atoms with van der Waals surface area (Å²) in [7, 11) is 0. The first-order chi connectivity index (χ1) is 7.61. The van der Waals surface area contributed by atoms with Gasteiger partial charge in [0.05, 0.1) is 13.2 Å². The highest BCUT2D eigenvalue weighted by atomic mass is 16.3. The van der Waals surface area contributed by atoms with Gasteiger partial charge < -0.3 is 15.5 Å². The molecule has 96 valence electrons. The van der Waals surface area contributed by atoms with Crippen LogP contribution in [0.15, 0.2) is 0 Å². The van der Waals surface area contributed by atoms with Crippen LogP contribution in [0.5, 0.6) is 0 Å². The molecule has 1 unspecified atom stereocenters. The average molecular weight is 229 g/mol. The van der Waals surface area contributed by atoms with Crippen LogP contribution in [0.1, 0.15) is 46.0 Å². The van der Waals surface area contributed by atoms with Gasteiger partial charge in [-0.2, -0.15) is 0 Å². The van der Waals surface area contributed by atoms with Crippen LogP contribution in [0.2, 0.25) is 0 Å². The third-order valence-corrected chi connectivity index (χ3v) is 3.97. The molecule has 1 saturated carbocycles. The minimum atomic E-state index is -0.386. The summed E-state index contributed by atoms with van der Waals surface area (Å²) in [6.45, 7) is 4.90. The summed E-state index contributed by atoms with van der Waals surface area (Å²) in [5.41, 5.74) is -0.386. The largest absolute Gasteiger partial charge is 0.396 e. The highest BCUT2D eigenvalue weighted by molar-refractivity contribution is 4.81. The number of rotatable bonds is 6. The molecule has 1 atom stereocenters. The fourth-order valence-electron chi connectivity index (χ4n) is 2.37. The SMILES string of the molecule is CC(NCC(C)(CO)CO)C1CCCCC1. The molecule has 0 aromatic carbocycles. The van der Waals surface area contributed by atoms with Crippen LogP contribution in [-0.4, -0.2) is 36.0 Å². The van der Waals surface area contributed by atoms with Crippen molar-refractivity contribution in [3.63, 3.8) is 0 Å². The Labute approximate surface area is 99.3 Å². The topological polar surface area (TPSA) is 52.5 Å². The number of hydrogen-bond donors (Lipinski definition) is 3. The zero-order valence-electron chi connectivity index (χ0n) is 10.7. The molecule has 3 heteroatoms. The molecular weight excluding hydrogens is 202 g/mol. The molecule has 0 bridgehead atoms. The third-order valence-electron chi connectivity index (χ3n) is 3.97. The van der Waals surface area contributed by atoms with E-state index < -0.39 is 0 Å². The Morgan fingerprint density at radius 2 is 1.75 bits per heavy atom. The van der Waals surface area contributed by atoms with Crippen molar-refractivity contribution in [3.05, 3.63) is 0 Å². The molecule has 0 heterocycles. The van der Waals surface area contributed by atoms with Crippen molar-refractivity contribution in [2.24, 2.45) is 11.3 Å². The Hall–Kier alpha value is -0.120. The first-order valence-electron chi connectivity index (χ1n) is 6.56. The number of nitrogens with one attached hydrogen (secondary N) is 1.